The van der Waals surface area contributed by atoms with Gasteiger partial charge in [-0.2, -0.15) is 0 Å². The van der Waals surface area contributed by atoms with E-state index >= 15 is 0 Å². The third kappa shape index (κ3) is 2.46. The van der Waals surface area contributed by atoms with Gasteiger partial charge < -0.3 is 10.2 Å². The zero-order chi connectivity index (χ0) is 16.8. The lowest BCUT2D eigenvalue weighted by atomic mass is 10.1. The number of aryl methyl sites for hydroxylation is 4. The van der Waals surface area contributed by atoms with Crippen LogP contribution < -0.4 is 0 Å². The fraction of sp³-hybridized carbons (Fsp3) is 0.294. The number of rotatable bonds is 2. The lowest BCUT2D eigenvalue weighted by Crippen LogP contribution is -2.07. The molecule has 0 saturated heterocycles. The molecular formula is C17H20O4S. The maximum atomic E-state index is 12.9. The van der Waals surface area contributed by atoms with Crippen molar-refractivity contribution >= 4 is 9.84 Å². The predicted octanol–water partition coefficient (Wildman–Crippen LogP) is 3.47. The zero-order valence-corrected chi connectivity index (χ0v) is 14.2. The summed E-state index contributed by atoms with van der Waals surface area (Å²) >= 11 is 0. The van der Waals surface area contributed by atoms with E-state index in [9.17, 15) is 18.6 Å². The first-order valence-corrected chi connectivity index (χ1v) is 8.40. The summed E-state index contributed by atoms with van der Waals surface area (Å²) in [6, 6.07) is 4.86. The van der Waals surface area contributed by atoms with E-state index in [0.29, 0.717) is 16.7 Å². The molecule has 0 bridgehead atoms. The standard InChI is InChI=1S/C17H20O4S/c1-9-6-11(3)15(18)14(7-9)22(20,21)17-12(4)8-10(2)13(5)16(17)19/h6-8,18-19H,1-5H3. The SMILES string of the molecule is Cc1cc(C)c(O)c(S(=O)(=O)c2c(C)cc(C)c(C)c2O)c1. The number of phenolic OH excluding ortho intramolecular Hbond substituents is 2. The van der Waals surface area contributed by atoms with Gasteiger partial charge in [-0.3, -0.25) is 0 Å². The predicted molar refractivity (Wildman–Crippen MR) is 85.4 cm³/mol. The summed E-state index contributed by atoms with van der Waals surface area (Å²) in [6.45, 7) is 8.53. The van der Waals surface area contributed by atoms with Crippen LogP contribution in [-0.2, 0) is 9.84 Å². The molecule has 0 aromatic heterocycles. The van der Waals surface area contributed by atoms with Crippen LogP contribution in [0, 0.1) is 34.6 Å². The maximum Gasteiger partial charge on any atom is 0.214 e. The van der Waals surface area contributed by atoms with Gasteiger partial charge in [0.05, 0.1) is 0 Å². The summed E-state index contributed by atoms with van der Waals surface area (Å²) in [5, 5.41) is 20.5. The second-order valence-corrected chi connectivity index (χ2v) is 7.60. The van der Waals surface area contributed by atoms with Crippen LogP contribution in [0.2, 0.25) is 0 Å². The Hall–Kier alpha value is -2.01. The molecular weight excluding hydrogens is 300 g/mol. The van der Waals surface area contributed by atoms with E-state index in [2.05, 4.69) is 0 Å². The highest BCUT2D eigenvalue weighted by molar-refractivity contribution is 7.91. The lowest BCUT2D eigenvalue weighted by molar-refractivity contribution is 0.447. The highest BCUT2D eigenvalue weighted by Gasteiger charge is 2.29. The molecule has 0 saturated carbocycles. The normalized spacial score (nSPS) is 11.7. The molecule has 2 rings (SSSR count). The van der Waals surface area contributed by atoms with Gasteiger partial charge in [0.25, 0.3) is 0 Å². The van der Waals surface area contributed by atoms with Crippen molar-refractivity contribution < 1.29 is 18.6 Å². The van der Waals surface area contributed by atoms with Gasteiger partial charge in [0.1, 0.15) is 21.3 Å². The van der Waals surface area contributed by atoms with Crippen molar-refractivity contribution in [3.8, 4) is 11.5 Å². The van der Waals surface area contributed by atoms with Crippen LogP contribution in [0.3, 0.4) is 0 Å². The number of aromatic hydroxyl groups is 2. The Morgan fingerprint density at radius 3 is 1.95 bits per heavy atom. The molecule has 0 amide bonds. The molecule has 4 nitrogen and oxygen atoms in total. The first kappa shape index (κ1) is 16.4. The van der Waals surface area contributed by atoms with E-state index in [4.69, 9.17) is 0 Å². The number of hydrogen-bond acceptors (Lipinski definition) is 4. The quantitative estimate of drug-likeness (QED) is 0.888. The Kier molecular flexibility index (Phi) is 3.96. The van der Waals surface area contributed by atoms with E-state index in [1.807, 2.05) is 6.92 Å². The minimum absolute atomic E-state index is 0.143. The molecule has 0 radical (unpaired) electrons. The topological polar surface area (TPSA) is 74.6 Å². The number of phenols is 2. The summed E-state index contributed by atoms with van der Waals surface area (Å²) < 4.78 is 25.9. The van der Waals surface area contributed by atoms with Gasteiger partial charge in [0.15, 0.2) is 0 Å². The van der Waals surface area contributed by atoms with Crippen molar-refractivity contribution in [1.82, 2.24) is 0 Å². The average Bonchev–Trinajstić information content (AvgIpc) is 2.39. The van der Waals surface area contributed by atoms with Gasteiger partial charge >= 0.3 is 0 Å². The van der Waals surface area contributed by atoms with Crippen LogP contribution in [0.15, 0.2) is 28.0 Å². The smallest absolute Gasteiger partial charge is 0.214 e. The number of hydrogen-bond donors (Lipinski definition) is 2. The van der Waals surface area contributed by atoms with Crippen LogP contribution in [0.1, 0.15) is 27.8 Å². The zero-order valence-electron chi connectivity index (χ0n) is 13.4. The second kappa shape index (κ2) is 5.32. The Morgan fingerprint density at radius 1 is 0.773 bits per heavy atom. The van der Waals surface area contributed by atoms with E-state index in [0.717, 1.165) is 11.1 Å². The molecule has 118 valence electrons. The summed E-state index contributed by atoms with van der Waals surface area (Å²) in [4.78, 5) is -0.317. The molecule has 0 atom stereocenters. The third-order valence-corrected chi connectivity index (χ3v) is 5.86. The van der Waals surface area contributed by atoms with Crippen LogP contribution in [0.4, 0.5) is 0 Å². The Morgan fingerprint density at radius 2 is 1.36 bits per heavy atom. The Labute approximate surface area is 131 Å². The van der Waals surface area contributed by atoms with Crippen molar-refractivity contribution in [2.24, 2.45) is 0 Å². The van der Waals surface area contributed by atoms with E-state index in [1.165, 1.54) is 6.07 Å². The van der Waals surface area contributed by atoms with Gasteiger partial charge in [0.2, 0.25) is 9.84 Å². The average molecular weight is 320 g/mol. The summed E-state index contributed by atoms with van der Waals surface area (Å²) in [5.41, 5.74) is 3.01. The minimum Gasteiger partial charge on any atom is -0.506 e. The summed E-state index contributed by atoms with van der Waals surface area (Å²) in [5.74, 6) is -0.529. The van der Waals surface area contributed by atoms with Crippen LogP contribution in [-0.4, -0.2) is 18.6 Å². The molecule has 22 heavy (non-hydrogen) atoms. The van der Waals surface area contributed by atoms with Crippen molar-refractivity contribution in [2.75, 3.05) is 0 Å². The summed E-state index contributed by atoms with van der Waals surface area (Å²) in [6.07, 6.45) is 0. The largest absolute Gasteiger partial charge is 0.506 e. The van der Waals surface area contributed by atoms with Gasteiger partial charge in [-0.15, -0.1) is 0 Å². The van der Waals surface area contributed by atoms with Gasteiger partial charge in [-0.1, -0.05) is 12.1 Å². The fourth-order valence-corrected chi connectivity index (χ4v) is 4.48. The number of sulfone groups is 1. The Balaban J connectivity index is 2.86. The molecule has 2 N–H and O–H groups in total. The molecule has 0 heterocycles. The van der Waals surface area contributed by atoms with E-state index in [1.54, 1.807) is 39.8 Å². The highest BCUT2D eigenvalue weighted by Crippen LogP contribution is 2.39. The maximum absolute atomic E-state index is 12.9. The lowest BCUT2D eigenvalue weighted by Gasteiger charge is -2.16. The third-order valence-electron chi connectivity index (χ3n) is 3.92. The monoisotopic (exact) mass is 320 g/mol. The van der Waals surface area contributed by atoms with Crippen molar-refractivity contribution in [2.45, 2.75) is 44.4 Å². The number of benzene rings is 2. The molecule has 0 aliphatic rings. The van der Waals surface area contributed by atoms with Crippen LogP contribution in [0.5, 0.6) is 11.5 Å². The molecule has 0 fully saturated rings. The molecule has 2 aromatic rings. The molecule has 0 unspecified atom stereocenters. The highest BCUT2D eigenvalue weighted by atomic mass is 32.2. The van der Waals surface area contributed by atoms with Crippen LogP contribution in [0.25, 0.3) is 0 Å². The van der Waals surface area contributed by atoms with Gasteiger partial charge in [-0.25, -0.2) is 8.42 Å². The molecule has 0 aliphatic carbocycles. The van der Waals surface area contributed by atoms with E-state index < -0.39 is 9.84 Å². The Bertz CT molecular complexity index is 865. The molecule has 0 aliphatic heterocycles. The van der Waals surface area contributed by atoms with E-state index in [-0.39, 0.29) is 21.3 Å². The molecule has 0 spiro atoms. The first-order chi connectivity index (χ1) is 10.1. The van der Waals surface area contributed by atoms with Gasteiger partial charge in [0, 0.05) is 0 Å². The minimum atomic E-state index is -4.02. The van der Waals surface area contributed by atoms with Crippen molar-refractivity contribution in [3.05, 3.63) is 46.0 Å². The van der Waals surface area contributed by atoms with Gasteiger partial charge in [-0.05, 0) is 68.5 Å². The van der Waals surface area contributed by atoms with Crippen molar-refractivity contribution in [1.29, 1.82) is 0 Å². The second-order valence-electron chi connectivity index (χ2n) is 5.75. The van der Waals surface area contributed by atoms with Crippen LogP contribution >= 0.6 is 0 Å². The first-order valence-electron chi connectivity index (χ1n) is 6.92. The fourth-order valence-electron chi connectivity index (χ4n) is 2.62. The van der Waals surface area contributed by atoms with Crippen molar-refractivity contribution in [3.63, 3.8) is 0 Å². The molecule has 5 heteroatoms. The molecule has 2 aromatic carbocycles. The summed E-state index contributed by atoms with van der Waals surface area (Å²) in [7, 11) is -4.02.